The van der Waals surface area contributed by atoms with Crippen LogP contribution in [-0.4, -0.2) is 6.09 Å². The lowest BCUT2D eigenvalue weighted by Gasteiger charge is -2.08. The van der Waals surface area contributed by atoms with Crippen LogP contribution in [0.2, 0.25) is 5.02 Å². The van der Waals surface area contributed by atoms with Gasteiger partial charge in [-0.1, -0.05) is 45.7 Å². The van der Waals surface area contributed by atoms with Crippen molar-refractivity contribution in [3.8, 4) is 11.5 Å². The van der Waals surface area contributed by atoms with Gasteiger partial charge >= 0.3 is 6.09 Å². The van der Waals surface area contributed by atoms with Crippen LogP contribution >= 0.6 is 27.5 Å². The summed E-state index contributed by atoms with van der Waals surface area (Å²) in [6, 6.07) is 13.6. The van der Waals surface area contributed by atoms with E-state index in [-0.39, 0.29) is 0 Å². The van der Waals surface area contributed by atoms with Gasteiger partial charge in [-0.05, 0) is 24.3 Å². The first-order valence-electron chi connectivity index (χ1n) is 5.29. The van der Waals surface area contributed by atoms with Gasteiger partial charge in [0.2, 0.25) is 0 Å². The highest BCUT2D eigenvalue weighted by Crippen LogP contribution is 2.24. The van der Waals surface area contributed by atoms with E-state index in [1.807, 2.05) is 6.07 Å². The van der Waals surface area contributed by atoms with Crippen LogP contribution in [0, 0.1) is 0 Å². The van der Waals surface area contributed by atoms with Crippen molar-refractivity contribution in [3.05, 3.63) is 58.0 Å². The van der Waals surface area contributed by atoms with E-state index in [1.54, 1.807) is 42.5 Å². The highest BCUT2D eigenvalue weighted by atomic mass is 79.9. The molecule has 1 N–H and O–H groups in total. The summed E-state index contributed by atoms with van der Waals surface area (Å²) in [6.45, 7) is 0. The van der Waals surface area contributed by atoms with E-state index in [1.165, 1.54) is 0 Å². The van der Waals surface area contributed by atoms with Crippen LogP contribution in [0.4, 0.5) is 4.79 Å². The molecule has 6 heteroatoms. The zero-order chi connectivity index (χ0) is 13.7. The number of para-hydroxylation sites is 1. The summed E-state index contributed by atoms with van der Waals surface area (Å²) in [7, 11) is 0. The number of ether oxygens (including phenoxy) is 1. The van der Waals surface area contributed by atoms with Gasteiger partial charge in [-0.2, -0.15) is 5.48 Å². The van der Waals surface area contributed by atoms with Crippen LogP contribution in [0.15, 0.2) is 53.0 Å². The molecule has 0 spiro atoms. The molecule has 98 valence electrons. The summed E-state index contributed by atoms with van der Waals surface area (Å²) in [5.41, 5.74) is 2.16. The topological polar surface area (TPSA) is 47.6 Å². The molecule has 0 saturated heterocycles. The molecule has 0 aliphatic carbocycles. The predicted molar refractivity (Wildman–Crippen MR) is 75.4 cm³/mol. The van der Waals surface area contributed by atoms with Crippen molar-refractivity contribution >= 4 is 33.6 Å². The second-order valence-electron chi connectivity index (χ2n) is 3.51. The SMILES string of the molecule is O=C(NOc1cc(Cl)cc(Br)c1)Oc1ccccc1. The van der Waals surface area contributed by atoms with Gasteiger partial charge in [0.1, 0.15) is 5.75 Å². The number of benzene rings is 2. The number of rotatable bonds is 3. The largest absolute Gasteiger partial charge is 0.446 e. The molecule has 0 aromatic heterocycles. The van der Waals surface area contributed by atoms with E-state index >= 15 is 0 Å². The van der Waals surface area contributed by atoms with Crippen molar-refractivity contribution in [1.82, 2.24) is 5.48 Å². The lowest BCUT2D eigenvalue weighted by molar-refractivity contribution is 0.141. The third-order valence-electron chi connectivity index (χ3n) is 2.04. The van der Waals surface area contributed by atoms with Gasteiger partial charge in [-0.15, -0.1) is 0 Å². The first-order valence-corrected chi connectivity index (χ1v) is 6.46. The Morgan fingerprint density at radius 1 is 1.11 bits per heavy atom. The molecule has 19 heavy (non-hydrogen) atoms. The maximum absolute atomic E-state index is 11.5. The van der Waals surface area contributed by atoms with Gasteiger partial charge in [-0.25, -0.2) is 4.79 Å². The molecule has 0 aliphatic heterocycles. The summed E-state index contributed by atoms with van der Waals surface area (Å²) < 4.78 is 5.72. The Hall–Kier alpha value is -1.72. The number of carbonyl (C=O) groups is 1. The van der Waals surface area contributed by atoms with Crippen LogP contribution in [-0.2, 0) is 0 Å². The summed E-state index contributed by atoms with van der Waals surface area (Å²) >= 11 is 9.11. The summed E-state index contributed by atoms with van der Waals surface area (Å²) in [5.74, 6) is 0.820. The van der Waals surface area contributed by atoms with Crippen LogP contribution < -0.4 is 15.1 Å². The van der Waals surface area contributed by atoms with Crippen LogP contribution in [0.25, 0.3) is 0 Å². The number of amides is 1. The molecule has 0 bridgehead atoms. The quantitative estimate of drug-likeness (QED) is 0.851. The standard InChI is InChI=1S/C13H9BrClNO3/c14-9-6-10(15)8-12(7-9)19-16-13(17)18-11-4-2-1-3-5-11/h1-8H,(H,16,17). The Morgan fingerprint density at radius 2 is 1.84 bits per heavy atom. The fourth-order valence-electron chi connectivity index (χ4n) is 1.30. The minimum Gasteiger partial charge on any atom is -0.408 e. The Labute approximate surface area is 123 Å². The van der Waals surface area contributed by atoms with Gasteiger partial charge in [-0.3, -0.25) is 0 Å². The van der Waals surface area contributed by atoms with E-state index < -0.39 is 6.09 Å². The van der Waals surface area contributed by atoms with Crippen molar-refractivity contribution in [2.24, 2.45) is 0 Å². The maximum Gasteiger partial charge on any atom is 0.446 e. The predicted octanol–water partition coefficient (Wildman–Crippen LogP) is 4.18. The minimum absolute atomic E-state index is 0.393. The van der Waals surface area contributed by atoms with E-state index in [2.05, 4.69) is 21.4 Å². The smallest absolute Gasteiger partial charge is 0.408 e. The molecular formula is C13H9BrClNO3. The number of halogens is 2. The molecule has 0 heterocycles. The highest BCUT2D eigenvalue weighted by Gasteiger charge is 2.05. The number of hydrogen-bond donors (Lipinski definition) is 1. The first-order chi connectivity index (χ1) is 9.13. The number of nitrogens with one attached hydrogen (secondary N) is 1. The molecule has 2 rings (SSSR count). The maximum atomic E-state index is 11.5. The molecule has 0 saturated carbocycles. The van der Waals surface area contributed by atoms with E-state index in [9.17, 15) is 4.79 Å². The van der Waals surface area contributed by atoms with Crippen LogP contribution in [0.1, 0.15) is 0 Å². The van der Waals surface area contributed by atoms with Crippen molar-refractivity contribution < 1.29 is 14.4 Å². The second kappa shape index (κ2) is 6.45. The third kappa shape index (κ3) is 4.46. The van der Waals surface area contributed by atoms with Gasteiger partial charge in [0.05, 0.1) is 0 Å². The molecule has 0 fully saturated rings. The molecular weight excluding hydrogens is 334 g/mol. The number of hydroxylamine groups is 1. The van der Waals surface area contributed by atoms with Crippen LogP contribution in [0.3, 0.4) is 0 Å². The fourth-order valence-corrected chi connectivity index (χ4v) is 2.13. The molecule has 0 aliphatic rings. The van der Waals surface area contributed by atoms with Gasteiger partial charge in [0.25, 0.3) is 0 Å². The molecule has 0 atom stereocenters. The lowest BCUT2D eigenvalue weighted by atomic mass is 10.3. The average Bonchev–Trinajstić information content (AvgIpc) is 2.36. The lowest BCUT2D eigenvalue weighted by Crippen LogP contribution is -2.29. The Bertz CT molecular complexity index is 557. The first kappa shape index (κ1) is 13.7. The number of carbonyl (C=O) groups excluding carboxylic acids is 1. The van der Waals surface area contributed by atoms with E-state index in [0.717, 1.165) is 4.47 Å². The zero-order valence-corrected chi connectivity index (χ0v) is 11.9. The molecule has 4 nitrogen and oxygen atoms in total. The molecule has 0 unspecified atom stereocenters. The Balaban J connectivity index is 1.90. The van der Waals surface area contributed by atoms with Gasteiger partial charge < -0.3 is 9.57 Å². The van der Waals surface area contributed by atoms with Crippen molar-refractivity contribution in [1.29, 1.82) is 0 Å². The van der Waals surface area contributed by atoms with Crippen molar-refractivity contribution in [3.63, 3.8) is 0 Å². The van der Waals surface area contributed by atoms with Gasteiger partial charge in [0.15, 0.2) is 5.75 Å². The summed E-state index contributed by atoms with van der Waals surface area (Å²) in [5, 5.41) is 0.489. The molecule has 0 radical (unpaired) electrons. The normalized spacial score (nSPS) is 9.79. The van der Waals surface area contributed by atoms with E-state index in [4.69, 9.17) is 21.2 Å². The van der Waals surface area contributed by atoms with E-state index in [0.29, 0.717) is 16.5 Å². The second-order valence-corrected chi connectivity index (χ2v) is 4.86. The zero-order valence-electron chi connectivity index (χ0n) is 9.60. The third-order valence-corrected chi connectivity index (χ3v) is 2.72. The summed E-state index contributed by atoms with van der Waals surface area (Å²) in [6.07, 6.45) is -0.720. The Morgan fingerprint density at radius 3 is 2.53 bits per heavy atom. The molecule has 1 amide bonds. The monoisotopic (exact) mass is 341 g/mol. The fraction of sp³-hybridized carbons (Fsp3) is 0. The van der Waals surface area contributed by atoms with Crippen molar-refractivity contribution in [2.45, 2.75) is 0 Å². The molecule has 2 aromatic carbocycles. The number of hydrogen-bond acceptors (Lipinski definition) is 3. The van der Waals surface area contributed by atoms with Crippen molar-refractivity contribution in [2.75, 3.05) is 0 Å². The Kier molecular flexibility index (Phi) is 4.65. The molecule has 2 aromatic rings. The van der Waals surface area contributed by atoms with Gasteiger partial charge in [0, 0.05) is 15.6 Å². The minimum atomic E-state index is -0.720. The summed E-state index contributed by atoms with van der Waals surface area (Å²) in [4.78, 5) is 16.5. The average molecular weight is 343 g/mol. The van der Waals surface area contributed by atoms with Crippen LogP contribution in [0.5, 0.6) is 11.5 Å². The highest BCUT2D eigenvalue weighted by molar-refractivity contribution is 9.10.